The predicted molar refractivity (Wildman–Crippen MR) is 34.9 cm³/mol. The normalized spacial score (nSPS) is 8.80. The second kappa shape index (κ2) is 2.36. The zero-order valence-corrected chi connectivity index (χ0v) is 5.53. The van der Waals surface area contributed by atoms with Crippen LogP contribution in [0.4, 0.5) is 0 Å². The molecular formula is C7H6N2O. The van der Waals surface area contributed by atoms with E-state index in [9.17, 15) is 5.21 Å². The number of nitrogens with zero attached hydrogens (tertiary/aromatic N) is 2. The van der Waals surface area contributed by atoms with Crippen LogP contribution in [0.25, 0.3) is 0 Å². The lowest BCUT2D eigenvalue weighted by atomic mass is 10.2. The van der Waals surface area contributed by atoms with Crippen LogP contribution in [0.15, 0.2) is 18.3 Å². The summed E-state index contributed by atoms with van der Waals surface area (Å²) in [5, 5.41) is 19.2. The van der Waals surface area contributed by atoms with E-state index in [1.807, 2.05) is 6.07 Å². The van der Waals surface area contributed by atoms with Gasteiger partial charge in [-0.2, -0.15) is 9.99 Å². The Morgan fingerprint density at radius 2 is 2.40 bits per heavy atom. The van der Waals surface area contributed by atoms with E-state index in [1.165, 1.54) is 6.20 Å². The van der Waals surface area contributed by atoms with E-state index in [1.54, 1.807) is 19.1 Å². The van der Waals surface area contributed by atoms with E-state index < -0.39 is 0 Å². The molecule has 0 bridgehead atoms. The first kappa shape index (κ1) is 6.56. The van der Waals surface area contributed by atoms with Crippen molar-refractivity contribution < 1.29 is 4.73 Å². The summed E-state index contributed by atoms with van der Waals surface area (Å²) in [5.41, 5.74) is 0.877. The average molecular weight is 134 g/mol. The van der Waals surface area contributed by atoms with Crippen molar-refractivity contribution in [3.05, 3.63) is 34.8 Å². The smallest absolute Gasteiger partial charge is 0.297 e. The molecule has 3 nitrogen and oxygen atoms in total. The zero-order valence-electron chi connectivity index (χ0n) is 5.53. The van der Waals surface area contributed by atoms with E-state index in [2.05, 4.69) is 0 Å². The Morgan fingerprint density at radius 1 is 1.70 bits per heavy atom. The molecule has 0 aliphatic carbocycles. The summed E-state index contributed by atoms with van der Waals surface area (Å²) in [7, 11) is 0. The van der Waals surface area contributed by atoms with Gasteiger partial charge in [-0.25, -0.2) is 0 Å². The van der Waals surface area contributed by atoms with Crippen LogP contribution in [-0.4, -0.2) is 0 Å². The molecule has 3 heteroatoms. The van der Waals surface area contributed by atoms with Crippen molar-refractivity contribution in [3.63, 3.8) is 0 Å². The van der Waals surface area contributed by atoms with Crippen molar-refractivity contribution in [2.45, 2.75) is 6.92 Å². The summed E-state index contributed by atoms with van der Waals surface area (Å²) in [6.07, 6.45) is 1.31. The van der Waals surface area contributed by atoms with Gasteiger partial charge in [0.05, 0.1) is 0 Å². The molecule has 0 fully saturated rings. The van der Waals surface area contributed by atoms with E-state index >= 15 is 0 Å². The van der Waals surface area contributed by atoms with E-state index in [0.29, 0.717) is 10.3 Å². The fourth-order valence-electron chi connectivity index (χ4n) is 0.730. The Bertz CT molecular complexity index is 268. The summed E-state index contributed by atoms with van der Waals surface area (Å²) >= 11 is 0. The lowest BCUT2D eigenvalue weighted by molar-refractivity contribution is -0.608. The quantitative estimate of drug-likeness (QED) is 0.383. The zero-order chi connectivity index (χ0) is 7.56. The first-order chi connectivity index (χ1) is 4.75. The van der Waals surface area contributed by atoms with Gasteiger partial charge in [-0.05, 0) is 13.0 Å². The van der Waals surface area contributed by atoms with Crippen LogP contribution in [0, 0.1) is 23.5 Å². The molecule has 0 saturated heterocycles. The van der Waals surface area contributed by atoms with Crippen LogP contribution in [0.1, 0.15) is 11.3 Å². The third kappa shape index (κ3) is 0.914. The van der Waals surface area contributed by atoms with E-state index in [-0.39, 0.29) is 5.69 Å². The number of pyridine rings is 1. The Labute approximate surface area is 58.7 Å². The maximum Gasteiger partial charge on any atom is 0.297 e. The minimum Gasteiger partial charge on any atom is -0.618 e. The lowest BCUT2D eigenvalue weighted by Gasteiger charge is -1.97. The Kier molecular flexibility index (Phi) is 1.55. The maximum absolute atomic E-state index is 10.8. The molecule has 0 N–H and O–H groups in total. The molecule has 50 valence electrons. The molecule has 0 amide bonds. The molecule has 0 aliphatic heterocycles. The minimum absolute atomic E-state index is 0.169. The summed E-state index contributed by atoms with van der Waals surface area (Å²) in [6, 6.07) is 5.16. The summed E-state index contributed by atoms with van der Waals surface area (Å²) < 4.78 is 0.565. The van der Waals surface area contributed by atoms with Crippen molar-refractivity contribution in [3.8, 4) is 6.07 Å². The molecule has 0 aromatic carbocycles. The molecule has 0 saturated carbocycles. The molecule has 10 heavy (non-hydrogen) atoms. The molecule has 0 atom stereocenters. The maximum atomic E-state index is 10.8. The summed E-state index contributed by atoms with van der Waals surface area (Å²) in [4.78, 5) is 0. The molecule has 1 heterocycles. The summed E-state index contributed by atoms with van der Waals surface area (Å²) in [5.74, 6) is 0. The first-order valence-corrected chi connectivity index (χ1v) is 2.84. The van der Waals surface area contributed by atoms with Crippen molar-refractivity contribution in [1.82, 2.24) is 0 Å². The number of aryl methyl sites for hydroxylation is 1. The molecule has 1 aromatic rings. The van der Waals surface area contributed by atoms with Gasteiger partial charge in [0, 0.05) is 11.6 Å². The minimum atomic E-state index is 0.169. The number of rotatable bonds is 0. The fourth-order valence-corrected chi connectivity index (χ4v) is 0.730. The average Bonchev–Trinajstić information content (AvgIpc) is 1.88. The van der Waals surface area contributed by atoms with Gasteiger partial charge in [-0.3, -0.25) is 0 Å². The first-order valence-electron chi connectivity index (χ1n) is 2.84. The van der Waals surface area contributed by atoms with Crippen LogP contribution in [0.2, 0.25) is 0 Å². The molecule has 0 aliphatic rings. The standard InChI is InChI=1S/C7H6N2O/c1-6-3-2-4-9(10)7(6)5-8/h2-4H,1H3. The molecule has 1 rings (SSSR count). The van der Waals surface area contributed by atoms with Gasteiger partial charge in [0.25, 0.3) is 5.69 Å². The van der Waals surface area contributed by atoms with Gasteiger partial charge < -0.3 is 5.21 Å². The Balaban J connectivity index is 3.34. The van der Waals surface area contributed by atoms with Crippen molar-refractivity contribution in [2.24, 2.45) is 0 Å². The highest BCUT2D eigenvalue weighted by Crippen LogP contribution is 1.97. The van der Waals surface area contributed by atoms with Gasteiger partial charge in [-0.1, -0.05) is 0 Å². The number of nitriles is 1. The monoisotopic (exact) mass is 134 g/mol. The SMILES string of the molecule is Cc1ccc[n+]([O-])c1C#N. The molecule has 0 radical (unpaired) electrons. The predicted octanol–water partition coefficient (Wildman–Crippen LogP) is 0.500. The highest BCUT2D eigenvalue weighted by atomic mass is 16.5. The van der Waals surface area contributed by atoms with Gasteiger partial charge in [-0.15, -0.1) is 0 Å². The second-order valence-corrected chi connectivity index (χ2v) is 1.98. The van der Waals surface area contributed by atoms with Crippen molar-refractivity contribution >= 4 is 0 Å². The number of aromatic nitrogens is 1. The van der Waals surface area contributed by atoms with Crippen LogP contribution < -0.4 is 4.73 Å². The number of hydrogen-bond donors (Lipinski definition) is 0. The van der Waals surface area contributed by atoms with Crippen LogP contribution >= 0.6 is 0 Å². The Morgan fingerprint density at radius 3 is 2.80 bits per heavy atom. The fraction of sp³-hybridized carbons (Fsp3) is 0.143. The Hall–Kier alpha value is -1.56. The van der Waals surface area contributed by atoms with Crippen LogP contribution in [-0.2, 0) is 0 Å². The molecule has 0 spiro atoms. The lowest BCUT2D eigenvalue weighted by Crippen LogP contribution is -2.30. The largest absolute Gasteiger partial charge is 0.618 e. The molecular weight excluding hydrogens is 128 g/mol. The number of hydrogen-bond acceptors (Lipinski definition) is 2. The highest BCUT2D eigenvalue weighted by Gasteiger charge is 2.04. The van der Waals surface area contributed by atoms with Crippen molar-refractivity contribution in [1.29, 1.82) is 5.26 Å². The van der Waals surface area contributed by atoms with Crippen LogP contribution in [0.3, 0.4) is 0 Å². The third-order valence-corrected chi connectivity index (χ3v) is 1.27. The van der Waals surface area contributed by atoms with Crippen molar-refractivity contribution in [2.75, 3.05) is 0 Å². The topological polar surface area (TPSA) is 50.7 Å². The van der Waals surface area contributed by atoms with Gasteiger partial charge in [0.2, 0.25) is 0 Å². The molecule has 1 aromatic heterocycles. The highest BCUT2D eigenvalue weighted by molar-refractivity contribution is 5.24. The van der Waals surface area contributed by atoms with E-state index in [0.717, 1.165) is 0 Å². The van der Waals surface area contributed by atoms with Gasteiger partial charge in [0.15, 0.2) is 12.3 Å². The van der Waals surface area contributed by atoms with Crippen LogP contribution in [0.5, 0.6) is 0 Å². The molecule has 0 unspecified atom stereocenters. The van der Waals surface area contributed by atoms with Gasteiger partial charge in [0.1, 0.15) is 0 Å². The van der Waals surface area contributed by atoms with Gasteiger partial charge >= 0.3 is 0 Å². The summed E-state index contributed by atoms with van der Waals surface area (Å²) in [6.45, 7) is 1.73. The second-order valence-electron chi connectivity index (χ2n) is 1.98. The van der Waals surface area contributed by atoms with E-state index in [4.69, 9.17) is 5.26 Å². The third-order valence-electron chi connectivity index (χ3n) is 1.27.